The SMILES string of the molecule is N#Cc1cccc(CNc2ncnc3c2ncn3[C@@H]2O[C@H](CNCc3ccc(C(F)(F)F)cc3)[C@@H](O)[C@H]2O)c1. The highest BCUT2D eigenvalue weighted by Crippen LogP contribution is 2.32. The summed E-state index contributed by atoms with van der Waals surface area (Å²) in [6.45, 7) is 0.785. The van der Waals surface area contributed by atoms with E-state index < -0.39 is 36.3 Å². The van der Waals surface area contributed by atoms with E-state index in [0.717, 1.165) is 17.7 Å². The molecule has 0 radical (unpaired) electrons. The molecule has 0 aliphatic carbocycles. The molecule has 1 aliphatic rings. The summed E-state index contributed by atoms with van der Waals surface area (Å²) in [6.07, 6.45) is -5.88. The molecule has 4 aromatic rings. The van der Waals surface area contributed by atoms with E-state index in [2.05, 4.69) is 31.7 Å². The highest BCUT2D eigenvalue weighted by molar-refractivity contribution is 5.82. The second-order valence-corrected chi connectivity index (χ2v) is 9.08. The first-order valence-electron chi connectivity index (χ1n) is 12.0. The topological polar surface area (TPSA) is 141 Å². The van der Waals surface area contributed by atoms with Gasteiger partial charge < -0.3 is 25.6 Å². The lowest BCUT2D eigenvalue weighted by molar-refractivity contribution is -0.137. The fourth-order valence-corrected chi connectivity index (χ4v) is 4.40. The van der Waals surface area contributed by atoms with Gasteiger partial charge in [0, 0.05) is 19.6 Å². The van der Waals surface area contributed by atoms with Crippen LogP contribution in [0.1, 0.15) is 28.5 Å². The van der Waals surface area contributed by atoms with Gasteiger partial charge in [0.2, 0.25) is 0 Å². The van der Waals surface area contributed by atoms with Crippen LogP contribution in [0.2, 0.25) is 0 Å². The minimum absolute atomic E-state index is 0.145. The molecule has 0 saturated carbocycles. The Kier molecular flexibility index (Phi) is 7.45. The maximum atomic E-state index is 12.8. The average Bonchev–Trinajstić information content (AvgIpc) is 3.48. The van der Waals surface area contributed by atoms with E-state index in [1.807, 2.05) is 6.07 Å². The summed E-state index contributed by atoms with van der Waals surface area (Å²) < 4.78 is 45.7. The molecule has 10 nitrogen and oxygen atoms in total. The molecule has 1 saturated heterocycles. The largest absolute Gasteiger partial charge is 0.416 e. The van der Waals surface area contributed by atoms with Crippen molar-refractivity contribution in [1.82, 2.24) is 24.8 Å². The summed E-state index contributed by atoms with van der Waals surface area (Å²) in [5.74, 6) is 0.448. The predicted octanol–water partition coefficient (Wildman–Crippen LogP) is 2.74. The fourth-order valence-electron chi connectivity index (χ4n) is 4.40. The van der Waals surface area contributed by atoms with Crippen molar-refractivity contribution in [2.24, 2.45) is 0 Å². The molecule has 1 aliphatic heterocycles. The van der Waals surface area contributed by atoms with Crippen molar-refractivity contribution in [2.75, 3.05) is 11.9 Å². The van der Waals surface area contributed by atoms with Gasteiger partial charge in [-0.2, -0.15) is 18.4 Å². The molecule has 4 N–H and O–H groups in total. The highest BCUT2D eigenvalue weighted by atomic mass is 19.4. The molecule has 0 spiro atoms. The number of aliphatic hydroxyl groups is 2. The van der Waals surface area contributed by atoms with Crippen LogP contribution in [0, 0.1) is 11.3 Å². The lowest BCUT2D eigenvalue weighted by atomic mass is 10.1. The quantitative estimate of drug-likeness (QED) is 0.266. The molecule has 0 unspecified atom stereocenters. The second kappa shape index (κ2) is 11.0. The van der Waals surface area contributed by atoms with Gasteiger partial charge in [0.25, 0.3) is 0 Å². The van der Waals surface area contributed by atoms with Crippen molar-refractivity contribution in [2.45, 2.75) is 43.8 Å². The number of nitrogens with one attached hydrogen (secondary N) is 2. The predicted molar refractivity (Wildman–Crippen MR) is 133 cm³/mol. The third-order valence-electron chi connectivity index (χ3n) is 6.44. The number of benzene rings is 2. The van der Waals surface area contributed by atoms with Gasteiger partial charge in [-0.15, -0.1) is 0 Å². The van der Waals surface area contributed by atoms with E-state index >= 15 is 0 Å². The van der Waals surface area contributed by atoms with Gasteiger partial charge in [-0.3, -0.25) is 4.57 Å². The Morgan fingerprint density at radius 1 is 1.00 bits per heavy atom. The highest BCUT2D eigenvalue weighted by Gasteiger charge is 2.44. The van der Waals surface area contributed by atoms with Crippen LogP contribution in [-0.2, 0) is 24.0 Å². The van der Waals surface area contributed by atoms with Crippen LogP contribution in [0.25, 0.3) is 11.2 Å². The zero-order valence-electron chi connectivity index (χ0n) is 20.4. The number of ether oxygens (including phenoxy) is 1. The Bertz CT molecular complexity index is 1490. The Hall–Kier alpha value is -4.09. The zero-order chi connectivity index (χ0) is 27.6. The maximum Gasteiger partial charge on any atom is 0.416 e. The number of alkyl halides is 3. The number of aromatic nitrogens is 4. The third-order valence-corrected chi connectivity index (χ3v) is 6.44. The molecule has 2 aromatic carbocycles. The minimum Gasteiger partial charge on any atom is -0.387 e. The van der Waals surface area contributed by atoms with E-state index in [1.54, 1.807) is 18.2 Å². The maximum absolute atomic E-state index is 12.8. The van der Waals surface area contributed by atoms with Gasteiger partial charge in [0.1, 0.15) is 24.6 Å². The Morgan fingerprint density at radius 2 is 1.79 bits per heavy atom. The molecule has 5 rings (SSSR count). The lowest BCUT2D eigenvalue weighted by Crippen LogP contribution is -2.37. The van der Waals surface area contributed by atoms with Gasteiger partial charge in [0.05, 0.1) is 23.5 Å². The lowest BCUT2D eigenvalue weighted by Gasteiger charge is -2.17. The van der Waals surface area contributed by atoms with Crippen LogP contribution < -0.4 is 10.6 Å². The number of hydrogen-bond acceptors (Lipinski definition) is 9. The minimum atomic E-state index is -4.40. The van der Waals surface area contributed by atoms with Crippen molar-refractivity contribution >= 4 is 17.0 Å². The average molecular weight is 540 g/mol. The zero-order valence-corrected chi connectivity index (χ0v) is 20.4. The van der Waals surface area contributed by atoms with Crippen LogP contribution in [0.3, 0.4) is 0 Å². The van der Waals surface area contributed by atoms with E-state index in [9.17, 15) is 23.4 Å². The first kappa shape index (κ1) is 26.5. The number of anilines is 1. The first-order valence-corrected chi connectivity index (χ1v) is 12.0. The number of rotatable bonds is 8. The molecule has 0 bridgehead atoms. The number of imidazole rings is 1. The summed E-state index contributed by atoms with van der Waals surface area (Å²) in [5.41, 5.74) is 2.14. The van der Waals surface area contributed by atoms with Gasteiger partial charge in [-0.1, -0.05) is 24.3 Å². The van der Waals surface area contributed by atoms with Crippen LogP contribution in [0.4, 0.5) is 19.0 Å². The van der Waals surface area contributed by atoms with Crippen molar-refractivity contribution in [3.63, 3.8) is 0 Å². The number of hydrogen-bond donors (Lipinski definition) is 4. The number of nitriles is 1. The van der Waals surface area contributed by atoms with Crippen molar-refractivity contribution < 1.29 is 28.1 Å². The van der Waals surface area contributed by atoms with E-state index in [1.165, 1.54) is 29.4 Å². The second-order valence-electron chi connectivity index (χ2n) is 9.08. The van der Waals surface area contributed by atoms with Crippen molar-refractivity contribution in [3.05, 3.63) is 83.4 Å². The number of halogens is 3. The molecule has 13 heteroatoms. The number of aliphatic hydroxyl groups excluding tert-OH is 2. The molecule has 39 heavy (non-hydrogen) atoms. The molecular formula is C26H24F3N7O3. The van der Waals surface area contributed by atoms with E-state index in [-0.39, 0.29) is 13.1 Å². The van der Waals surface area contributed by atoms with Gasteiger partial charge >= 0.3 is 6.18 Å². The molecule has 0 amide bonds. The molecular weight excluding hydrogens is 515 g/mol. The van der Waals surface area contributed by atoms with Crippen LogP contribution >= 0.6 is 0 Å². The Labute approximate surface area is 220 Å². The fraction of sp³-hybridized carbons (Fsp3) is 0.308. The van der Waals surface area contributed by atoms with Gasteiger partial charge in [-0.05, 0) is 35.4 Å². The molecule has 1 fully saturated rings. The smallest absolute Gasteiger partial charge is 0.387 e. The van der Waals surface area contributed by atoms with Crippen LogP contribution in [-0.4, -0.2) is 54.6 Å². The van der Waals surface area contributed by atoms with Crippen LogP contribution in [0.15, 0.2) is 61.2 Å². The Balaban J connectivity index is 1.23. The van der Waals surface area contributed by atoms with Gasteiger partial charge in [0.15, 0.2) is 23.2 Å². The van der Waals surface area contributed by atoms with Crippen LogP contribution in [0.5, 0.6) is 0 Å². The third kappa shape index (κ3) is 5.69. The number of fused-ring (bicyclic) bond motifs is 1. The molecule has 2 aromatic heterocycles. The normalized spacial score (nSPS) is 21.2. The summed E-state index contributed by atoms with van der Waals surface area (Å²) in [6, 6.07) is 14.0. The summed E-state index contributed by atoms with van der Waals surface area (Å²) in [4.78, 5) is 12.9. The molecule has 202 valence electrons. The van der Waals surface area contributed by atoms with Crippen molar-refractivity contribution in [1.29, 1.82) is 5.26 Å². The van der Waals surface area contributed by atoms with E-state index in [4.69, 9.17) is 10.00 Å². The summed E-state index contributed by atoms with van der Waals surface area (Å²) >= 11 is 0. The summed E-state index contributed by atoms with van der Waals surface area (Å²) in [7, 11) is 0. The van der Waals surface area contributed by atoms with E-state index in [0.29, 0.717) is 34.7 Å². The number of nitrogens with zero attached hydrogens (tertiary/aromatic N) is 5. The molecule has 3 heterocycles. The first-order chi connectivity index (χ1) is 18.7. The Morgan fingerprint density at radius 3 is 2.54 bits per heavy atom. The van der Waals surface area contributed by atoms with Gasteiger partial charge in [-0.25, -0.2) is 15.0 Å². The standard InChI is InChI=1S/C26H24F3N7O3/c27-26(28,29)18-6-4-15(5-7-18)10-31-12-19-21(37)22(38)25(39-19)36-14-35-20-23(33-13-34-24(20)36)32-11-17-3-1-2-16(8-17)9-30/h1-8,13-14,19,21-22,25,31,37-38H,10-12H2,(H,32,33,34)/t19-,21-,22-,25-/m1/s1. The monoisotopic (exact) mass is 539 g/mol. The molecule has 4 atom stereocenters. The van der Waals surface area contributed by atoms with Crippen molar-refractivity contribution in [3.8, 4) is 6.07 Å². The summed E-state index contributed by atoms with van der Waals surface area (Å²) in [5, 5.41) is 36.6.